The summed E-state index contributed by atoms with van der Waals surface area (Å²) in [5.41, 5.74) is 7.56. The van der Waals surface area contributed by atoms with Gasteiger partial charge in [-0.25, -0.2) is 0 Å². The molecule has 14 heavy (non-hydrogen) atoms. The minimum atomic E-state index is -0.179. The van der Waals surface area contributed by atoms with Crippen LogP contribution in [0.4, 0.5) is 0 Å². The Labute approximate surface area is 92.7 Å². The van der Waals surface area contributed by atoms with Gasteiger partial charge in [0, 0.05) is 12.6 Å². The summed E-state index contributed by atoms with van der Waals surface area (Å²) in [6.07, 6.45) is 0.597. The van der Waals surface area contributed by atoms with Crippen molar-refractivity contribution in [3.8, 4) is 0 Å². The summed E-state index contributed by atoms with van der Waals surface area (Å²) < 4.78 is 0. The van der Waals surface area contributed by atoms with E-state index in [9.17, 15) is 4.79 Å². The Morgan fingerprint density at radius 3 is 2.07 bits per heavy atom. The van der Waals surface area contributed by atoms with Crippen molar-refractivity contribution in [2.75, 3.05) is 7.05 Å². The molecule has 0 aromatic rings. The van der Waals surface area contributed by atoms with Gasteiger partial charge < -0.3 is 10.6 Å². The third kappa shape index (κ3) is 4.11. The second-order valence-corrected chi connectivity index (χ2v) is 3.52. The summed E-state index contributed by atoms with van der Waals surface area (Å²) in [7, 11) is 1.74. The van der Waals surface area contributed by atoms with Crippen LogP contribution in [0.2, 0.25) is 0 Å². The molecule has 2 N–H and O–H groups in total. The van der Waals surface area contributed by atoms with Crippen molar-refractivity contribution in [2.45, 2.75) is 40.3 Å². The molecule has 84 valence electrons. The molecule has 1 amide bonds. The van der Waals surface area contributed by atoms with Gasteiger partial charge in [0.1, 0.15) is 0 Å². The fraction of sp³-hybridized carbons (Fsp3) is 0.700. The summed E-state index contributed by atoms with van der Waals surface area (Å²) in [5, 5.41) is 0. The van der Waals surface area contributed by atoms with E-state index in [0.717, 1.165) is 17.6 Å². The van der Waals surface area contributed by atoms with Crippen LogP contribution in [-0.4, -0.2) is 24.0 Å². The van der Waals surface area contributed by atoms with Gasteiger partial charge in [-0.15, -0.1) is 12.4 Å². The zero-order valence-corrected chi connectivity index (χ0v) is 10.4. The van der Waals surface area contributed by atoms with E-state index in [2.05, 4.69) is 0 Å². The van der Waals surface area contributed by atoms with Gasteiger partial charge in [0.15, 0.2) is 0 Å². The molecule has 3 nitrogen and oxygen atoms in total. The predicted octanol–water partition coefficient (Wildman–Crippen LogP) is 1.92. The second-order valence-electron chi connectivity index (χ2n) is 3.52. The van der Waals surface area contributed by atoms with Crippen LogP contribution in [0.3, 0.4) is 0 Å². The highest BCUT2D eigenvalue weighted by Gasteiger charge is 2.16. The van der Waals surface area contributed by atoms with Crippen LogP contribution in [0, 0.1) is 0 Å². The van der Waals surface area contributed by atoms with E-state index in [1.165, 1.54) is 0 Å². The van der Waals surface area contributed by atoms with Crippen molar-refractivity contribution in [1.29, 1.82) is 0 Å². The minimum Gasteiger partial charge on any atom is -0.327 e. The molecule has 1 unspecified atom stereocenters. The van der Waals surface area contributed by atoms with Crippen molar-refractivity contribution in [1.82, 2.24) is 4.90 Å². The zero-order chi connectivity index (χ0) is 10.6. The van der Waals surface area contributed by atoms with Crippen LogP contribution in [0.1, 0.15) is 34.1 Å². The molecule has 0 spiro atoms. The van der Waals surface area contributed by atoms with Crippen molar-refractivity contribution < 1.29 is 4.79 Å². The highest BCUT2D eigenvalue weighted by molar-refractivity contribution is 5.93. The summed E-state index contributed by atoms with van der Waals surface area (Å²) in [5.74, 6) is 0.0225. The molecule has 0 saturated heterocycles. The smallest absolute Gasteiger partial charge is 0.250 e. The fourth-order valence-corrected chi connectivity index (χ4v) is 0.903. The molecular weight excluding hydrogens is 200 g/mol. The number of likely N-dealkylation sites (N-methyl/N-ethyl adjacent to an activating group) is 1. The number of hydrogen-bond acceptors (Lipinski definition) is 2. The molecule has 0 aliphatic heterocycles. The van der Waals surface area contributed by atoms with Crippen molar-refractivity contribution in [3.05, 3.63) is 11.1 Å². The Kier molecular flexibility index (Phi) is 7.78. The Hall–Kier alpha value is -0.540. The maximum absolute atomic E-state index is 11.7. The van der Waals surface area contributed by atoms with Gasteiger partial charge in [-0.2, -0.15) is 0 Å². The molecular formula is C10H21ClN2O. The van der Waals surface area contributed by atoms with Crippen molar-refractivity contribution in [3.63, 3.8) is 0 Å². The van der Waals surface area contributed by atoms with Crippen molar-refractivity contribution in [2.24, 2.45) is 5.73 Å². The molecule has 0 aliphatic rings. The minimum absolute atomic E-state index is 0. The van der Waals surface area contributed by atoms with Gasteiger partial charge in [0.05, 0.1) is 6.17 Å². The standard InChI is InChI=1S/C10H20N2O.ClH/c1-6-9(11)12(5)10(13)8(4)7(2)3;/h9H,6,11H2,1-5H3;1H. The number of hydrogen-bond donors (Lipinski definition) is 1. The van der Waals surface area contributed by atoms with E-state index in [0.29, 0.717) is 0 Å². The van der Waals surface area contributed by atoms with Crippen molar-refractivity contribution >= 4 is 18.3 Å². The maximum atomic E-state index is 11.7. The third-order valence-corrected chi connectivity index (χ3v) is 2.31. The lowest BCUT2D eigenvalue weighted by Gasteiger charge is -2.24. The summed E-state index contributed by atoms with van der Waals surface area (Å²) >= 11 is 0. The highest BCUT2D eigenvalue weighted by Crippen LogP contribution is 2.07. The number of carbonyl (C=O) groups excluding carboxylic acids is 1. The fourth-order valence-electron chi connectivity index (χ4n) is 0.903. The van der Waals surface area contributed by atoms with Crippen LogP contribution < -0.4 is 5.73 Å². The average Bonchev–Trinajstić information content (AvgIpc) is 2.12. The first-order valence-corrected chi connectivity index (χ1v) is 4.58. The molecule has 0 aromatic heterocycles. The average molecular weight is 221 g/mol. The summed E-state index contributed by atoms with van der Waals surface area (Å²) in [4.78, 5) is 13.3. The van der Waals surface area contributed by atoms with Crippen LogP contribution in [0.15, 0.2) is 11.1 Å². The van der Waals surface area contributed by atoms with Crippen LogP contribution >= 0.6 is 12.4 Å². The second kappa shape index (κ2) is 6.85. The molecule has 0 bridgehead atoms. The number of carbonyl (C=O) groups is 1. The molecule has 0 fully saturated rings. The lowest BCUT2D eigenvalue weighted by molar-refractivity contribution is -0.127. The summed E-state index contributed by atoms with van der Waals surface area (Å²) in [6.45, 7) is 7.65. The van der Waals surface area contributed by atoms with E-state index in [4.69, 9.17) is 5.73 Å². The monoisotopic (exact) mass is 220 g/mol. The van der Waals surface area contributed by atoms with E-state index in [1.807, 2.05) is 27.7 Å². The van der Waals surface area contributed by atoms with E-state index in [-0.39, 0.29) is 24.5 Å². The predicted molar refractivity (Wildman–Crippen MR) is 62.3 cm³/mol. The normalized spacial score (nSPS) is 11.3. The lowest BCUT2D eigenvalue weighted by Crippen LogP contribution is -2.43. The van der Waals surface area contributed by atoms with E-state index in [1.54, 1.807) is 11.9 Å². The Morgan fingerprint density at radius 1 is 1.36 bits per heavy atom. The number of rotatable bonds is 3. The van der Waals surface area contributed by atoms with Crippen LogP contribution in [-0.2, 0) is 4.79 Å². The molecule has 0 saturated carbocycles. The number of nitrogens with two attached hydrogens (primary N) is 1. The Bertz CT molecular complexity index is 222. The van der Waals surface area contributed by atoms with E-state index < -0.39 is 0 Å². The molecule has 4 heteroatoms. The third-order valence-electron chi connectivity index (χ3n) is 2.31. The first-order valence-electron chi connectivity index (χ1n) is 4.58. The van der Waals surface area contributed by atoms with Crippen LogP contribution in [0.25, 0.3) is 0 Å². The van der Waals surface area contributed by atoms with Gasteiger partial charge in [-0.1, -0.05) is 12.5 Å². The first kappa shape index (κ1) is 15.9. The molecule has 0 aromatic carbocycles. The van der Waals surface area contributed by atoms with E-state index >= 15 is 0 Å². The van der Waals surface area contributed by atoms with Gasteiger partial charge in [0.25, 0.3) is 0 Å². The number of halogens is 1. The quantitative estimate of drug-likeness (QED) is 0.584. The number of nitrogens with zero attached hydrogens (tertiary/aromatic N) is 1. The van der Waals surface area contributed by atoms with Gasteiger partial charge in [-0.05, 0) is 27.2 Å². The number of amides is 1. The maximum Gasteiger partial charge on any atom is 0.250 e. The molecule has 0 aliphatic carbocycles. The first-order chi connectivity index (χ1) is 5.91. The summed E-state index contributed by atoms with van der Waals surface area (Å²) in [6, 6.07) is 0. The molecule has 0 heterocycles. The van der Waals surface area contributed by atoms with Gasteiger partial charge in [-0.3, -0.25) is 4.79 Å². The Balaban J connectivity index is 0. The SMILES string of the molecule is CCC(N)N(C)C(=O)C(C)=C(C)C.Cl. The Morgan fingerprint density at radius 2 is 1.79 bits per heavy atom. The largest absolute Gasteiger partial charge is 0.327 e. The molecule has 0 rings (SSSR count). The number of allylic oxidation sites excluding steroid dienone is 1. The topological polar surface area (TPSA) is 46.3 Å². The highest BCUT2D eigenvalue weighted by atomic mass is 35.5. The molecule has 1 atom stereocenters. The van der Waals surface area contributed by atoms with Crippen LogP contribution in [0.5, 0.6) is 0 Å². The van der Waals surface area contributed by atoms with Gasteiger partial charge in [0.2, 0.25) is 5.91 Å². The zero-order valence-electron chi connectivity index (χ0n) is 9.63. The molecule has 0 radical (unpaired) electrons. The van der Waals surface area contributed by atoms with Gasteiger partial charge >= 0.3 is 0 Å². The lowest BCUT2D eigenvalue weighted by atomic mass is 10.1.